The second-order valence-corrected chi connectivity index (χ2v) is 10.6. The van der Waals surface area contributed by atoms with Crippen LogP contribution in [0.15, 0.2) is 41.4 Å². The molecule has 3 N–H and O–H groups in total. The topological polar surface area (TPSA) is 155 Å². The summed E-state index contributed by atoms with van der Waals surface area (Å²) in [6.45, 7) is 9.32. The number of alkyl halides is 3. The molecule has 0 amide bonds. The van der Waals surface area contributed by atoms with Crippen LogP contribution in [-0.4, -0.2) is 65.1 Å². The van der Waals surface area contributed by atoms with Crippen LogP contribution in [0.5, 0.6) is 0 Å². The van der Waals surface area contributed by atoms with Gasteiger partial charge >= 0.3 is 18.1 Å². The lowest BCUT2D eigenvalue weighted by Crippen LogP contribution is -2.24. The number of pyridine rings is 1. The number of halogens is 3. The zero-order chi connectivity index (χ0) is 31.1. The lowest BCUT2D eigenvalue weighted by molar-refractivity contribution is -0.192. The molecule has 0 radical (unpaired) electrons. The van der Waals surface area contributed by atoms with Gasteiger partial charge in [0, 0.05) is 25.8 Å². The molecule has 3 aromatic rings. The van der Waals surface area contributed by atoms with E-state index in [0.717, 1.165) is 35.5 Å². The molecule has 15 heteroatoms. The van der Waals surface area contributed by atoms with Crippen molar-refractivity contribution in [1.82, 2.24) is 14.8 Å². The fourth-order valence-corrected chi connectivity index (χ4v) is 4.92. The Kier molecular flexibility index (Phi) is 10.9. The van der Waals surface area contributed by atoms with Crippen LogP contribution >= 0.6 is 0 Å². The van der Waals surface area contributed by atoms with Gasteiger partial charge in [-0.1, -0.05) is 19.1 Å². The van der Waals surface area contributed by atoms with Crippen molar-refractivity contribution >= 4 is 33.5 Å². The summed E-state index contributed by atoms with van der Waals surface area (Å²) in [5, 5.41) is 21.4. The van der Waals surface area contributed by atoms with E-state index in [1.165, 1.54) is 24.4 Å². The highest BCUT2D eigenvalue weighted by atomic mass is 32.2. The van der Waals surface area contributed by atoms with Crippen molar-refractivity contribution in [3.8, 4) is 0 Å². The van der Waals surface area contributed by atoms with Gasteiger partial charge < -0.3 is 15.1 Å². The van der Waals surface area contributed by atoms with Crippen molar-refractivity contribution in [2.24, 2.45) is 0 Å². The summed E-state index contributed by atoms with van der Waals surface area (Å²) >= 11 is 0. The number of hydrogen-bond donors (Lipinski definition) is 3. The third kappa shape index (κ3) is 8.67. The highest BCUT2D eigenvalue weighted by Crippen LogP contribution is 2.24. The number of benzene rings is 1. The van der Waals surface area contributed by atoms with E-state index in [2.05, 4.69) is 14.8 Å². The number of aromatic carboxylic acids is 1. The maximum atomic E-state index is 12.7. The maximum absolute atomic E-state index is 12.7. The third-order valence-electron chi connectivity index (χ3n) is 6.12. The summed E-state index contributed by atoms with van der Waals surface area (Å²) in [6.07, 6.45) is -2.27. The number of carbonyl (C=O) groups is 2. The standard InChI is InChI=1S/C24H31N5O4S.C2HF3O2/c1-6-18-8-10-20(11-9-18)34(32,33)27-19-14-22(24(30)31)23(25-15-19)28(5)13-12-21-16(3)26-29(7-2)17(21)4;3-2(4,5)1(6)7/h8-11,14-15,27H,6-7,12-13H2,1-5H3,(H,30,31);(H,6,7). The van der Waals surface area contributed by atoms with Crippen LogP contribution in [0.4, 0.5) is 24.7 Å². The highest BCUT2D eigenvalue weighted by molar-refractivity contribution is 7.92. The molecule has 224 valence electrons. The van der Waals surface area contributed by atoms with Gasteiger partial charge in [-0.15, -0.1) is 0 Å². The normalized spacial score (nSPS) is 11.4. The van der Waals surface area contributed by atoms with Gasteiger partial charge in [0.15, 0.2) is 0 Å². The van der Waals surface area contributed by atoms with Gasteiger partial charge in [-0.3, -0.25) is 9.40 Å². The third-order valence-corrected chi connectivity index (χ3v) is 7.52. The van der Waals surface area contributed by atoms with Crippen LogP contribution in [0.2, 0.25) is 0 Å². The number of rotatable bonds is 10. The molecular weight excluding hydrogens is 567 g/mol. The number of aryl methyl sites for hydroxylation is 3. The molecule has 0 spiro atoms. The van der Waals surface area contributed by atoms with E-state index in [1.807, 2.05) is 32.4 Å². The highest BCUT2D eigenvalue weighted by Gasteiger charge is 2.38. The van der Waals surface area contributed by atoms with E-state index in [-0.39, 0.29) is 22.0 Å². The van der Waals surface area contributed by atoms with Crippen molar-refractivity contribution in [3.63, 3.8) is 0 Å². The quantitative estimate of drug-likeness (QED) is 0.310. The number of carboxylic acid groups (broad SMARTS) is 2. The van der Waals surface area contributed by atoms with E-state index < -0.39 is 28.1 Å². The van der Waals surface area contributed by atoms with E-state index in [1.54, 1.807) is 24.1 Å². The van der Waals surface area contributed by atoms with Crippen LogP contribution in [0.1, 0.15) is 46.7 Å². The van der Waals surface area contributed by atoms with Gasteiger partial charge in [-0.25, -0.2) is 23.0 Å². The maximum Gasteiger partial charge on any atom is 0.490 e. The number of sulfonamides is 1. The molecule has 0 aliphatic heterocycles. The number of nitrogens with zero attached hydrogens (tertiary/aromatic N) is 4. The molecule has 0 aliphatic carbocycles. The van der Waals surface area contributed by atoms with E-state index in [9.17, 15) is 31.5 Å². The molecule has 0 atom stereocenters. The van der Waals surface area contributed by atoms with Crippen molar-refractivity contribution in [2.45, 2.75) is 58.2 Å². The average Bonchev–Trinajstić information content (AvgIpc) is 3.18. The second-order valence-electron chi connectivity index (χ2n) is 8.94. The summed E-state index contributed by atoms with van der Waals surface area (Å²) in [4.78, 5) is 27.0. The smallest absolute Gasteiger partial charge is 0.478 e. The molecule has 2 heterocycles. The van der Waals surface area contributed by atoms with Crippen LogP contribution in [0, 0.1) is 13.8 Å². The summed E-state index contributed by atoms with van der Waals surface area (Å²) < 4.78 is 61.6. The van der Waals surface area contributed by atoms with Crippen molar-refractivity contribution in [3.05, 3.63) is 64.6 Å². The van der Waals surface area contributed by atoms with E-state index in [0.29, 0.717) is 13.0 Å². The van der Waals surface area contributed by atoms with Crippen molar-refractivity contribution in [2.75, 3.05) is 23.2 Å². The van der Waals surface area contributed by atoms with Crippen molar-refractivity contribution < 1.29 is 41.4 Å². The van der Waals surface area contributed by atoms with Crippen LogP contribution in [-0.2, 0) is 34.2 Å². The van der Waals surface area contributed by atoms with Gasteiger partial charge in [0.05, 0.1) is 22.5 Å². The number of likely N-dealkylation sites (N-methyl/N-ethyl adjacent to an activating group) is 1. The summed E-state index contributed by atoms with van der Waals surface area (Å²) in [5.74, 6) is -3.68. The van der Waals surface area contributed by atoms with Gasteiger partial charge in [0.25, 0.3) is 10.0 Å². The van der Waals surface area contributed by atoms with Gasteiger partial charge in [-0.2, -0.15) is 18.3 Å². The van der Waals surface area contributed by atoms with Crippen LogP contribution < -0.4 is 9.62 Å². The van der Waals surface area contributed by atoms with Crippen LogP contribution in [0.25, 0.3) is 0 Å². The summed E-state index contributed by atoms with van der Waals surface area (Å²) in [7, 11) is -2.11. The molecule has 3 rings (SSSR count). The Hall–Kier alpha value is -4.14. The minimum Gasteiger partial charge on any atom is -0.478 e. The molecule has 0 unspecified atom stereocenters. The second kappa shape index (κ2) is 13.5. The Morgan fingerprint density at radius 1 is 1.10 bits per heavy atom. The Morgan fingerprint density at radius 3 is 2.15 bits per heavy atom. The zero-order valence-corrected chi connectivity index (χ0v) is 24.0. The lowest BCUT2D eigenvalue weighted by atomic mass is 10.1. The minimum absolute atomic E-state index is 0.0817. The van der Waals surface area contributed by atoms with Gasteiger partial charge in [-0.05, 0) is 62.9 Å². The monoisotopic (exact) mass is 599 g/mol. The SMILES string of the molecule is CCc1ccc(S(=O)(=O)Nc2cnc(N(C)CCc3c(C)nn(CC)c3C)c(C(=O)O)c2)cc1.O=C(O)C(F)(F)F. The van der Waals surface area contributed by atoms with E-state index in [4.69, 9.17) is 9.90 Å². The molecule has 41 heavy (non-hydrogen) atoms. The fourth-order valence-electron chi connectivity index (χ4n) is 3.88. The first kappa shape index (κ1) is 33.1. The molecule has 2 aromatic heterocycles. The molecule has 0 bridgehead atoms. The Labute approximate surface area is 235 Å². The summed E-state index contributed by atoms with van der Waals surface area (Å²) in [5.41, 5.74) is 4.21. The molecule has 11 nitrogen and oxygen atoms in total. The first-order valence-corrected chi connectivity index (χ1v) is 13.9. The number of carboxylic acids is 2. The largest absolute Gasteiger partial charge is 0.490 e. The number of aliphatic carboxylic acids is 1. The van der Waals surface area contributed by atoms with E-state index >= 15 is 0 Å². The van der Waals surface area contributed by atoms with Gasteiger partial charge in [0.1, 0.15) is 11.4 Å². The first-order valence-electron chi connectivity index (χ1n) is 12.4. The summed E-state index contributed by atoms with van der Waals surface area (Å²) in [6, 6.07) is 7.85. The Balaban J connectivity index is 0.000000745. The Bertz CT molecular complexity index is 1490. The molecule has 0 aliphatic rings. The zero-order valence-electron chi connectivity index (χ0n) is 23.2. The first-order chi connectivity index (χ1) is 19.0. The molecule has 1 aromatic carbocycles. The number of hydrogen-bond acceptors (Lipinski definition) is 7. The predicted molar refractivity (Wildman–Crippen MR) is 146 cm³/mol. The minimum atomic E-state index is -5.08. The fraction of sp³-hybridized carbons (Fsp3) is 0.385. The molecular formula is C26H32F3N5O6S. The average molecular weight is 600 g/mol. The van der Waals surface area contributed by atoms with Crippen molar-refractivity contribution in [1.29, 1.82) is 0 Å². The molecule has 0 saturated carbocycles. The predicted octanol–water partition coefficient (Wildman–Crippen LogP) is 4.29. The van der Waals surface area contributed by atoms with Crippen LogP contribution in [0.3, 0.4) is 0 Å². The molecule has 0 saturated heterocycles. The number of nitrogens with one attached hydrogen (secondary N) is 1. The lowest BCUT2D eigenvalue weighted by Gasteiger charge is -2.21. The molecule has 0 fully saturated rings. The number of anilines is 2. The number of aromatic nitrogens is 3. The van der Waals surface area contributed by atoms with Gasteiger partial charge in [0.2, 0.25) is 0 Å². The Morgan fingerprint density at radius 2 is 1.68 bits per heavy atom.